The van der Waals surface area contributed by atoms with Gasteiger partial charge >= 0.3 is 0 Å². The lowest BCUT2D eigenvalue weighted by atomic mass is 9.98. The van der Waals surface area contributed by atoms with Crippen molar-refractivity contribution in [1.29, 1.82) is 0 Å². The molecule has 0 radical (unpaired) electrons. The van der Waals surface area contributed by atoms with Crippen LogP contribution in [0.1, 0.15) is 29.8 Å². The van der Waals surface area contributed by atoms with Crippen molar-refractivity contribution in [1.82, 2.24) is 5.32 Å². The second-order valence-corrected chi connectivity index (χ2v) is 4.00. The zero-order chi connectivity index (χ0) is 11.5. The summed E-state index contributed by atoms with van der Waals surface area (Å²) in [6.07, 6.45) is 0. The summed E-state index contributed by atoms with van der Waals surface area (Å²) in [6, 6.07) is 6.64. The second kappa shape index (κ2) is 4.53. The molecule has 0 aliphatic rings. The first-order valence-electron chi connectivity index (χ1n) is 4.92. The van der Waals surface area contributed by atoms with Crippen molar-refractivity contribution in [2.75, 3.05) is 13.6 Å². The van der Waals surface area contributed by atoms with Crippen molar-refractivity contribution < 1.29 is 9.18 Å². The van der Waals surface area contributed by atoms with Crippen molar-refractivity contribution in [3.05, 3.63) is 35.4 Å². The van der Waals surface area contributed by atoms with Crippen LogP contribution in [0.4, 0.5) is 4.39 Å². The first-order chi connectivity index (χ1) is 6.95. The normalized spacial score (nSPS) is 11.5. The van der Waals surface area contributed by atoms with E-state index < -0.39 is 5.67 Å². The van der Waals surface area contributed by atoms with Gasteiger partial charge < -0.3 is 5.32 Å². The summed E-state index contributed by atoms with van der Waals surface area (Å²) in [5.74, 6) is 0.0146. The molecule has 0 saturated heterocycles. The summed E-state index contributed by atoms with van der Waals surface area (Å²) in [5.41, 5.74) is -0.161. The molecule has 1 aromatic rings. The van der Waals surface area contributed by atoms with E-state index in [0.29, 0.717) is 17.7 Å². The number of rotatable bonds is 4. The highest BCUT2D eigenvalue weighted by atomic mass is 19.1. The quantitative estimate of drug-likeness (QED) is 0.771. The Hall–Kier alpha value is -1.22. The molecular weight excluding hydrogens is 193 g/mol. The minimum absolute atomic E-state index is 0.0146. The Bertz CT molecular complexity index is 338. The minimum Gasteiger partial charge on any atom is -0.313 e. The van der Waals surface area contributed by atoms with Gasteiger partial charge in [0, 0.05) is 5.56 Å². The minimum atomic E-state index is -1.36. The van der Waals surface area contributed by atoms with Gasteiger partial charge in [0.15, 0.2) is 5.78 Å². The van der Waals surface area contributed by atoms with Crippen molar-refractivity contribution in [3.8, 4) is 0 Å². The summed E-state index contributed by atoms with van der Waals surface area (Å²) in [4.78, 5) is 11.4. The van der Waals surface area contributed by atoms with E-state index in [1.807, 2.05) is 0 Å². The largest absolute Gasteiger partial charge is 0.313 e. The van der Waals surface area contributed by atoms with Gasteiger partial charge in [0.25, 0.3) is 0 Å². The molecular formula is C12H16FNO. The number of benzene rings is 1. The fraction of sp³-hybridized carbons (Fsp3) is 0.417. The van der Waals surface area contributed by atoms with E-state index in [4.69, 9.17) is 0 Å². The molecule has 0 amide bonds. The average Bonchev–Trinajstić information content (AvgIpc) is 2.17. The molecule has 1 rings (SSSR count). The van der Waals surface area contributed by atoms with Gasteiger partial charge in [-0.2, -0.15) is 0 Å². The molecule has 2 nitrogen and oxygen atoms in total. The molecule has 0 spiro atoms. The van der Waals surface area contributed by atoms with Crippen LogP contribution in [-0.2, 0) is 5.67 Å². The summed E-state index contributed by atoms with van der Waals surface area (Å²) >= 11 is 0. The zero-order valence-electron chi connectivity index (χ0n) is 9.30. The highest BCUT2D eigenvalue weighted by Crippen LogP contribution is 2.24. The lowest BCUT2D eigenvalue weighted by molar-refractivity contribution is 0.0993. The fourth-order valence-electron chi connectivity index (χ4n) is 1.32. The molecule has 1 aromatic carbocycles. The molecule has 0 saturated carbocycles. The van der Waals surface area contributed by atoms with Gasteiger partial charge in [-0.3, -0.25) is 4.79 Å². The van der Waals surface area contributed by atoms with E-state index in [9.17, 15) is 9.18 Å². The summed E-state index contributed by atoms with van der Waals surface area (Å²) in [6.45, 7) is 3.30. The third kappa shape index (κ3) is 3.13. The highest BCUT2D eigenvalue weighted by Gasteiger charge is 2.18. The van der Waals surface area contributed by atoms with Crippen LogP contribution in [0.3, 0.4) is 0 Å². The van der Waals surface area contributed by atoms with Gasteiger partial charge in [0.05, 0.1) is 6.54 Å². The number of nitrogens with one attached hydrogen (secondary N) is 1. The maximum Gasteiger partial charge on any atom is 0.176 e. The Kier molecular flexibility index (Phi) is 3.58. The van der Waals surface area contributed by atoms with Gasteiger partial charge in [-0.1, -0.05) is 24.3 Å². The topological polar surface area (TPSA) is 29.1 Å². The van der Waals surface area contributed by atoms with E-state index in [0.717, 1.165) is 0 Å². The van der Waals surface area contributed by atoms with Gasteiger partial charge in [-0.25, -0.2) is 4.39 Å². The van der Waals surface area contributed by atoms with Gasteiger partial charge in [0.1, 0.15) is 5.67 Å². The van der Waals surface area contributed by atoms with Crippen molar-refractivity contribution in [3.63, 3.8) is 0 Å². The zero-order valence-corrected chi connectivity index (χ0v) is 9.30. The molecule has 0 bridgehead atoms. The summed E-state index contributed by atoms with van der Waals surface area (Å²) < 4.78 is 13.5. The number of ketones is 1. The van der Waals surface area contributed by atoms with E-state index in [2.05, 4.69) is 5.32 Å². The highest BCUT2D eigenvalue weighted by molar-refractivity contribution is 5.97. The lowest BCUT2D eigenvalue weighted by Gasteiger charge is -2.14. The van der Waals surface area contributed by atoms with Gasteiger partial charge in [0.2, 0.25) is 0 Å². The summed E-state index contributed by atoms with van der Waals surface area (Å²) in [5, 5.41) is 2.79. The number of hydrogen-bond donors (Lipinski definition) is 1. The molecule has 0 heterocycles. The van der Waals surface area contributed by atoms with E-state index >= 15 is 0 Å². The third-order valence-electron chi connectivity index (χ3n) is 2.23. The summed E-state index contributed by atoms with van der Waals surface area (Å²) in [7, 11) is 1.72. The van der Waals surface area contributed by atoms with E-state index in [-0.39, 0.29) is 5.78 Å². The van der Waals surface area contributed by atoms with Crippen LogP contribution in [-0.4, -0.2) is 19.4 Å². The predicted molar refractivity (Wildman–Crippen MR) is 58.8 cm³/mol. The third-order valence-corrected chi connectivity index (χ3v) is 2.23. The Morgan fingerprint density at radius 1 is 1.33 bits per heavy atom. The van der Waals surface area contributed by atoms with Gasteiger partial charge in [-0.15, -0.1) is 0 Å². The Morgan fingerprint density at radius 2 is 1.87 bits per heavy atom. The number of likely N-dealkylation sites (N-methyl/N-ethyl adjacent to an activating group) is 1. The van der Waals surface area contributed by atoms with Crippen LogP contribution < -0.4 is 5.32 Å². The molecule has 0 unspecified atom stereocenters. The molecule has 0 aliphatic heterocycles. The Balaban J connectivity index is 2.86. The number of carbonyl (C=O) groups is 1. The molecule has 82 valence electrons. The molecule has 15 heavy (non-hydrogen) atoms. The standard InChI is InChI=1S/C12H16FNO/c1-12(2,13)10-6-4-9(5-7-10)11(15)8-14-3/h4-7,14H,8H2,1-3H3. The number of hydrogen-bond acceptors (Lipinski definition) is 2. The van der Waals surface area contributed by atoms with Crippen molar-refractivity contribution >= 4 is 5.78 Å². The van der Waals surface area contributed by atoms with Crippen LogP contribution in [0.5, 0.6) is 0 Å². The molecule has 0 atom stereocenters. The van der Waals surface area contributed by atoms with Crippen molar-refractivity contribution in [2.45, 2.75) is 19.5 Å². The number of halogens is 1. The Labute approximate surface area is 89.5 Å². The van der Waals surface area contributed by atoms with E-state index in [1.165, 1.54) is 13.8 Å². The first-order valence-corrected chi connectivity index (χ1v) is 4.92. The van der Waals surface area contributed by atoms with Crippen LogP contribution in [0.25, 0.3) is 0 Å². The van der Waals surface area contributed by atoms with Crippen LogP contribution >= 0.6 is 0 Å². The monoisotopic (exact) mass is 209 g/mol. The molecule has 0 aliphatic carbocycles. The molecule has 3 heteroatoms. The number of carbonyl (C=O) groups excluding carboxylic acids is 1. The SMILES string of the molecule is CNCC(=O)c1ccc(C(C)(C)F)cc1. The van der Waals surface area contributed by atoms with Gasteiger partial charge in [-0.05, 0) is 26.5 Å². The van der Waals surface area contributed by atoms with Crippen LogP contribution in [0, 0.1) is 0 Å². The number of Topliss-reactive ketones (excluding diaryl/α,β-unsaturated/α-hetero) is 1. The predicted octanol–water partition coefficient (Wildman–Crippen LogP) is 2.29. The fourth-order valence-corrected chi connectivity index (χ4v) is 1.32. The maximum atomic E-state index is 13.5. The second-order valence-electron chi connectivity index (χ2n) is 4.00. The maximum absolute atomic E-state index is 13.5. The smallest absolute Gasteiger partial charge is 0.176 e. The van der Waals surface area contributed by atoms with Crippen molar-refractivity contribution in [2.24, 2.45) is 0 Å². The number of alkyl halides is 1. The first kappa shape index (κ1) is 11.9. The Morgan fingerprint density at radius 3 is 2.27 bits per heavy atom. The van der Waals surface area contributed by atoms with Crippen LogP contribution in [0.15, 0.2) is 24.3 Å². The lowest BCUT2D eigenvalue weighted by Crippen LogP contribution is -2.18. The molecule has 0 aromatic heterocycles. The molecule has 0 fully saturated rings. The average molecular weight is 209 g/mol. The van der Waals surface area contributed by atoms with E-state index in [1.54, 1.807) is 31.3 Å². The van der Waals surface area contributed by atoms with Crippen LogP contribution in [0.2, 0.25) is 0 Å². The molecule has 1 N–H and O–H groups in total.